The van der Waals surface area contributed by atoms with Gasteiger partial charge in [0.05, 0.1) is 29.3 Å². The summed E-state index contributed by atoms with van der Waals surface area (Å²) in [7, 11) is 3.88. The van der Waals surface area contributed by atoms with Gasteiger partial charge in [-0.2, -0.15) is 0 Å². The van der Waals surface area contributed by atoms with Crippen LogP contribution in [-0.2, 0) is 6.54 Å². The summed E-state index contributed by atoms with van der Waals surface area (Å²) in [6.45, 7) is 0.560. The maximum Gasteiger partial charge on any atom is 0.390 e. The number of nitro groups is 1. The fraction of sp³-hybridized carbons (Fsp3) is 0.167. The molecular formula is C18H16N6O2S. The molecule has 8 nitrogen and oxygen atoms in total. The zero-order chi connectivity index (χ0) is 19.0. The van der Waals surface area contributed by atoms with E-state index in [0.29, 0.717) is 18.2 Å². The molecule has 0 fully saturated rings. The fourth-order valence-corrected chi connectivity index (χ4v) is 3.81. The number of rotatable bonds is 5. The highest BCUT2D eigenvalue weighted by atomic mass is 32.1. The van der Waals surface area contributed by atoms with Gasteiger partial charge in [-0.3, -0.25) is 0 Å². The van der Waals surface area contributed by atoms with Crippen molar-refractivity contribution in [2.45, 2.75) is 6.54 Å². The van der Waals surface area contributed by atoms with Crippen molar-refractivity contribution in [1.29, 1.82) is 0 Å². The fourth-order valence-electron chi connectivity index (χ4n) is 2.85. The van der Waals surface area contributed by atoms with E-state index in [1.165, 1.54) is 22.1 Å². The number of hydrogen-bond donors (Lipinski definition) is 0. The third kappa shape index (κ3) is 3.29. The lowest BCUT2D eigenvalue weighted by Gasteiger charge is -2.10. The van der Waals surface area contributed by atoms with Gasteiger partial charge in [0.1, 0.15) is 10.7 Å². The third-order valence-corrected chi connectivity index (χ3v) is 4.85. The molecule has 3 heterocycles. The minimum Gasteiger partial charge on any atom is -0.358 e. The summed E-state index contributed by atoms with van der Waals surface area (Å²) in [6, 6.07) is 11.3. The molecule has 0 atom stereocenters. The first kappa shape index (κ1) is 17.3. The normalized spacial score (nSPS) is 11.4. The Bertz CT molecular complexity index is 1120. The van der Waals surface area contributed by atoms with Crippen LogP contribution in [0.2, 0.25) is 0 Å². The van der Waals surface area contributed by atoms with Gasteiger partial charge in [-0.15, -0.1) is 16.0 Å². The highest BCUT2D eigenvalue weighted by Crippen LogP contribution is 2.36. The van der Waals surface area contributed by atoms with Crippen LogP contribution in [0.1, 0.15) is 5.82 Å². The van der Waals surface area contributed by atoms with Gasteiger partial charge in [-0.25, -0.2) is 9.97 Å². The van der Waals surface area contributed by atoms with Crippen LogP contribution in [-0.4, -0.2) is 43.7 Å². The molecule has 3 aromatic heterocycles. The summed E-state index contributed by atoms with van der Waals surface area (Å²) in [5.41, 5.74) is 2.02. The Morgan fingerprint density at radius 3 is 2.63 bits per heavy atom. The van der Waals surface area contributed by atoms with E-state index in [-0.39, 0.29) is 5.82 Å². The lowest BCUT2D eigenvalue weighted by molar-refractivity contribution is -0.389. The average Bonchev–Trinajstić information content (AvgIpc) is 3.29. The van der Waals surface area contributed by atoms with E-state index in [1.54, 1.807) is 6.20 Å². The molecular weight excluding hydrogens is 364 g/mol. The molecule has 1 aromatic carbocycles. The van der Waals surface area contributed by atoms with Crippen molar-refractivity contribution in [2.75, 3.05) is 14.1 Å². The number of aromatic nitrogens is 4. The molecule has 136 valence electrons. The second kappa shape index (κ2) is 6.86. The predicted molar refractivity (Wildman–Crippen MR) is 104 cm³/mol. The van der Waals surface area contributed by atoms with Crippen LogP contribution in [0.25, 0.3) is 27.2 Å². The first-order valence-corrected chi connectivity index (χ1v) is 9.09. The van der Waals surface area contributed by atoms with Crippen molar-refractivity contribution in [3.05, 3.63) is 63.9 Å². The minimum absolute atomic E-state index is 0.215. The van der Waals surface area contributed by atoms with Gasteiger partial charge in [-0.05, 0) is 24.6 Å². The number of hydrogen-bond acceptors (Lipinski definition) is 7. The van der Waals surface area contributed by atoms with Crippen molar-refractivity contribution < 1.29 is 4.92 Å². The SMILES string of the molecule is CN(C)Cc1nc(-n2ccc([N+](=O)[O-])n2)c2c(-c3ccccc3)csc2n1. The van der Waals surface area contributed by atoms with Gasteiger partial charge in [-0.1, -0.05) is 30.3 Å². The number of fused-ring (bicyclic) bond motifs is 1. The molecule has 4 aromatic rings. The number of benzene rings is 1. The Hall–Kier alpha value is -3.17. The molecule has 0 unspecified atom stereocenters. The summed E-state index contributed by atoms with van der Waals surface area (Å²) in [6.07, 6.45) is 1.56. The van der Waals surface area contributed by atoms with Gasteiger partial charge >= 0.3 is 5.82 Å². The van der Waals surface area contributed by atoms with Crippen molar-refractivity contribution in [3.63, 3.8) is 0 Å². The molecule has 0 spiro atoms. The van der Waals surface area contributed by atoms with Gasteiger partial charge in [0.2, 0.25) is 0 Å². The first-order valence-electron chi connectivity index (χ1n) is 8.21. The summed E-state index contributed by atoms with van der Waals surface area (Å²) >= 11 is 1.53. The van der Waals surface area contributed by atoms with E-state index in [9.17, 15) is 10.1 Å². The molecule has 0 aliphatic carbocycles. The zero-order valence-electron chi connectivity index (χ0n) is 14.7. The van der Waals surface area contributed by atoms with E-state index >= 15 is 0 Å². The molecule has 0 N–H and O–H groups in total. The standard InChI is InChI=1S/C18H16N6O2S/c1-22(2)10-14-19-17(23-9-8-15(21-23)24(25)26)16-13(11-27-18(16)20-14)12-6-4-3-5-7-12/h3-9,11H,10H2,1-2H3. The van der Waals surface area contributed by atoms with Crippen LogP contribution in [0.5, 0.6) is 0 Å². The quantitative estimate of drug-likeness (QED) is 0.389. The number of thiophene rings is 1. The maximum absolute atomic E-state index is 11.1. The monoisotopic (exact) mass is 380 g/mol. The Kier molecular flexibility index (Phi) is 4.38. The van der Waals surface area contributed by atoms with Crippen molar-refractivity contribution in [2.24, 2.45) is 0 Å². The van der Waals surface area contributed by atoms with E-state index in [4.69, 9.17) is 0 Å². The van der Waals surface area contributed by atoms with Gasteiger partial charge in [0.15, 0.2) is 5.82 Å². The van der Waals surface area contributed by atoms with Crippen LogP contribution < -0.4 is 0 Å². The summed E-state index contributed by atoms with van der Waals surface area (Å²) < 4.78 is 1.46. The molecule has 4 rings (SSSR count). The highest BCUT2D eigenvalue weighted by molar-refractivity contribution is 7.17. The Morgan fingerprint density at radius 1 is 1.19 bits per heavy atom. The van der Waals surface area contributed by atoms with Crippen molar-refractivity contribution >= 4 is 27.4 Å². The Labute approximate surface area is 158 Å². The Balaban J connectivity index is 1.97. The third-order valence-electron chi connectivity index (χ3n) is 3.98. The zero-order valence-corrected chi connectivity index (χ0v) is 15.6. The van der Waals surface area contributed by atoms with Crippen LogP contribution in [0.4, 0.5) is 5.82 Å². The smallest absolute Gasteiger partial charge is 0.358 e. The van der Waals surface area contributed by atoms with Gasteiger partial charge < -0.3 is 15.0 Å². The summed E-state index contributed by atoms with van der Waals surface area (Å²) in [5.74, 6) is 0.972. The van der Waals surface area contributed by atoms with E-state index in [2.05, 4.69) is 15.1 Å². The molecule has 0 bridgehead atoms. The van der Waals surface area contributed by atoms with Crippen molar-refractivity contribution in [1.82, 2.24) is 24.6 Å². The topological polar surface area (TPSA) is 90.0 Å². The molecule has 0 aliphatic heterocycles. The van der Waals surface area contributed by atoms with Crippen LogP contribution in [0, 0.1) is 10.1 Å². The van der Waals surface area contributed by atoms with E-state index in [0.717, 1.165) is 21.3 Å². The second-order valence-corrected chi connectivity index (χ2v) is 7.13. The van der Waals surface area contributed by atoms with E-state index < -0.39 is 4.92 Å². The second-order valence-electron chi connectivity index (χ2n) is 6.27. The molecule has 9 heteroatoms. The van der Waals surface area contributed by atoms with Crippen molar-refractivity contribution in [3.8, 4) is 16.9 Å². The van der Waals surface area contributed by atoms with Gasteiger partial charge in [0, 0.05) is 10.9 Å². The van der Waals surface area contributed by atoms with Crippen LogP contribution >= 0.6 is 11.3 Å². The molecule has 0 saturated carbocycles. The summed E-state index contributed by atoms with van der Waals surface area (Å²) in [4.78, 5) is 22.7. The first-order chi connectivity index (χ1) is 13.0. The average molecular weight is 380 g/mol. The lowest BCUT2D eigenvalue weighted by atomic mass is 10.1. The van der Waals surface area contributed by atoms with Crippen LogP contribution in [0.3, 0.4) is 0 Å². The van der Waals surface area contributed by atoms with Crippen LogP contribution in [0.15, 0.2) is 48.0 Å². The molecule has 0 saturated heterocycles. The molecule has 0 radical (unpaired) electrons. The molecule has 0 amide bonds. The highest BCUT2D eigenvalue weighted by Gasteiger charge is 2.21. The predicted octanol–water partition coefficient (Wildman–Crippen LogP) is 3.51. The molecule has 0 aliphatic rings. The van der Waals surface area contributed by atoms with Gasteiger partial charge in [0.25, 0.3) is 0 Å². The Morgan fingerprint density at radius 2 is 1.96 bits per heavy atom. The summed E-state index contributed by atoms with van der Waals surface area (Å²) in [5, 5.41) is 18.0. The largest absolute Gasteiger partial charge is 0.390 e. The lowest BCUT2D eigenvalue weighted by Crippen LogP contribution is -2.14. The van der Waals surface area contributed by atoms with E-state index in [1.807, 2.05) is 54.7 Å². The number of nitrogens with zero attached hydrogens (tertiary/aromatic N) is 6. The maximum atomic E-state index is 11.1. The molecule has 27 heavy (non-hydrogen) atoms. The minimum atomic E-state index is -0.513.